The molecule has 0 fully saturated rings. The van der Waals surface area contributed by atoms with Crippen LogP contribution < -0.4 is 0 Å². The largest absolute Gasteiger partial charge is 0.416 e. The number of benzene rings is 1. The van der Waals surface area contributed by atoms with E-state index in [1.165, 1.54) is 12.1 Å². The molecule has 1 rings (SSSR count). The van der Waals surface area contributed by atoms with E-state index in [1.807, 2.05) is 6.92 Å². The van der Waals surface area contributed by atoms with Crippen LogP contribution in [0.15, 0.2) is 24.3 Å². The van der Waals surface area contributed by atoms with Gasteiger partial charge in [0.15, 0.2) is 0 Å². The topological polar surface area (TPSA) is 0 Å². The number of hydrogen-bond donors (Lipinski definition) is 0. The second kappa shape index (κ2) is 8.09. The van der Waals surface area contributed by atoms with Crippen molar-refractivity contribution in [2.45, 2.75) is 65.5 Å². The Morgan fingerprint density at radius 2 is 1.64 bits per heavy atom. The molecule has 0 heterocycles. The summed E-state index contributed by atoms with van der Waals surface area (Å²) >= 11 is 5.48. The van der Waals surface area contributed by atoms with Gasteiger partial charge < -0.3 is 0 Å². The molecule has 1 unspecified atom stereocenters. The van der Waals surface area contributed by atoms with E-state index in [4.69, 9.17) is 12.2 Å². The van der Waals surface area contributed by atoms with Crippen LogP contribution in [0, 0.1) is 5.41 Å². The Bertz CT molecular complexity index is 476. The van der Waals surface area contributed by atoms with Crippen molar-refractivity contribution in [1.82, 2.24) is 0 Å². The first-order chi connectivity index (χ1) is 10.2. The highest BCUT2D eigenvalue weighted by molar-refractivity contribution is 7.80. The quantitative estimate of drug-likeness (QED) is 0.483. The Kier molecular flexibility index (Phi) is 7.04. The molecule has 0 bridgehead atoms. The van der Waals surface area contributed by atoms with Gasteiger partial charge in [0.2, 0.25) is 0 Å². The predicted molar refractivity (Wildman–Crippen MR) is 90.3 cm³/mol. The van der Waals surface area contributed by atoms with Gasteiger partial charge >= 0.3 is 6.18 Å². The zero-order valence-corrected chi connectivity index (χ0v) is 14.4. The van der Waals surface area contributed by atoms with E-state index in [1.54, 1.807) is 12.1 Å². The summed E-state index contributed by atoms with van der Waals surface area (Å²) in [4.78, 5) is 1.02. The summed E-state index contributed by atoms with van der Waals surface area (Å²) in [5.41, 5.74) is 0.391. The van der Waals surface area contributed by atoms with Gasteiger partial charge in [-0.2, -0.15) is 13.2 Å². The molecule has 0 radical (unpaired) electrons. The molecule has 0 aliphatic rings. The standard InChI is InChI=1S/C18H25F3S/c1-4-6-12-17(5-2,14(3)22)13-11-15-7-9-16(10-8-15)18(19,20)21/h7-10H,4-6,11-13H2,1-3H3. The molecule has 0 saturated heterocycles. The maximum Gasteiger partial charge on any atom is 0.416 e. The number of alkyl halides is 3. The van der Waals surface area contributed by atoms with Crippen LogP contribution in [0.25, 0.3) is 0 Å². The van der Waals surface area contributed by atoms with Crippen molar-refractivity contribution in [2.24, 2.45) is 5.41 Å². The summed E-state index contributed by atoms with van der Waals surface area (Å²) in [6.45, 7) is 6.31. The number of halogens is 3. The van der Waals surface area contributed by atoms with Crippen molar-refractivity contribution >= 4 is 17.1 Å². The van der Waals surface area contributed by atoms with Crippen LogP contribution in [0.1, 0.15) is 64.0 Å². The molecule has 0 nitrogen and oxygen atoms in total. The molecule has 0 amide bonds. The first kappa shape index (κ1) is 19.1. The van der Waals surface area contributed by atoms with E-state index in [-0.39, 0.29) is 5.41 Å². The zero-order valence-electron chi connectivity index (χ0n) is 13.6. The molecule has 0 aliphatic heterocycles. The molecule has 1 aromatic carbocycles. The van der Waals surface area contributed by atoms with Crippen LogP contribution in [0.5, 0.6) is 0 Å². The van der Waals surface area contributed by atoms with Crippen LogP contribution in [0.2, 0.25) is 0 Å². The molecular formula is C18H25F3S. The summed E-state index contributed by atoms with van der Waals surface area (Å²) in [6.07, 6.45) is 1.73. The zero-order chi connectivity index (χ0) is 16.8. The molecule has 1 atom stereocenters. The third-order valence-electron chi connectivity index (χ3n) is 4.61. The SMILES string of the molecule is CCCCC(CC)(CCc1ccc(C(F)(F)F)cc1)C(C)=S. The first-order valence-electron chi connectivity index (χ1n) is 7.92. The smallest absolute Gasteiger partial charge is 0.166 e. The van der Waals surface area contributed by atoms with E-state index in [9.17, 15) is 13.2 Å². The number of hydrogen-bond acceptors (Lipinski definition) is 1. The van der Waals surface area contributed by atoms with Gasteiger partial charge in [-0.1, -0.05) is 51.0 Å². The molecule has 1 aromatic rings. The molecule has 124 valence electrons. The molecule has 0 spiro atoms. The molecule has 0 aromatic heterocycles. The lowest BCUT2D eigenvalue weighted by Crippen LogP contribution is -2.28. The van der Waals surface area contributed by atoms with Gasteiger partial charge in [-0.05, 0) is 55.2 Å². The lowest BCUT2D eigenvalue weighted by Gasteiger charge is -2.32. The third-order valence-corrected chi connectivity index (χ3v) is 5.04. The Balaban J connectivity index is 2.78. The number of rotatable bonds is 8. The van der Waals surface area contributed by atoms with Crippen LogP contribution in [0.3, 0.4) is 0 Å². The Morgan fingerprint density at radius 3 is 2.05 bits per heavy atom. The van der Waals surface area contributed by atoms with E-state index in [2.05, 4.69) is 13.8 Å². The van der Waals surface area contributed by atoms with Gasteiger partial charge in [0.1, 0.15) is 0 Å². The maximum absolute atomic E-state index is 12.6. The highest BCUT2D eigenvalue weighted by Crippen LogP contribution is 2.36. The Labute approximate surface area is 137 Å². The van der Waals surface area contributed by atoms with Gasteiger partial charge in [-0.25, -0.2) is 0 Å². The van der Waals surface area contributed by atoms with Crippen molar-refractivity contribution in [3.63, 3.8) is 0 Å². The lowest BCUT2D eigenvalue weighted by molar-refractivity contribution is -0.137. The predicted octanol–water partition coefficient (Wildman–Crippen LogP) is 6.61. The van der Waals surface area contributed by atoms with E-state index < -0.39 is 11.7 Å². The second-order valence-electron chi connectivity index (χ2n) is 5.99. The van der Waals surface area contributed by atoms with Gasteiger partial charge in [0.25, 0.3) is 0 Å². The highest BCUT2D eigenvalue weighted by Gasteiger charge is 2.31. The second-order valence-corrected chi connectivity index (χ2v) is 6.60. The fourth-order valence-electron chi connectivity index (χ4n) is 2.84. The minimum absolute atomic E-state index is 0.0358. The summed E-state index contributed by atoms with van der Waals surface area (Å²) < 4.78 is 37.7. The highest BCUT2D eigenvalue weighted by atomic mass is 32.1. The fourth-order valence-corrected chi connectivity index (χ4v) is 3.19. The summed E-state index contributed by atoms with van der Waals surface area (Å²) in [5, 5.41) is 0. The monoisotopic (exact) mass is 330 g/mol. The number of unbranched alkanes of at least 4 members (excludes halogenated alkanes) is 1. The van der Waals surface area contributed by atoms with Crippen LogP contribution in [0.4, 0.5) is 13.2 Å². The van der Waals surface area contributed by atoms with Crippen molar-refractivity contribution in [3.05, 3.63) is 35.4 Å². The summed E-state index contributed by atoms with van der Waals surface area (Å²) in [7, 11) is 0. The molecule has 0 aliphatic carbocycles. The number of aryl methyl sites for hydroxylation is 1. The minimum atomic E-state index is -4.27. The van der Waals surface area contributed by atoms with Crippen LogP contribution in [-0.4, -0.2) is 4.86 Å². The van der Waals surface area contributed by atoms with E-state index in [0.29, 0.717) is 0 Å². The van der Waals surface area contributed by atoms with Crippen molar-refractivity contribution < 1.29 is 13.2 Å². The third kappa shape index (κ3) is 5.08. The lowest BCUT2D eigenvalue weighted by atomic mass is 9.73. The fraction of sp³-hybridized carbons (Fsp3) is 0.611. The minimum Gasteiger partial charge on any atom is -0.166 e. The van der Waals surface area contributed by atoms with Gasteiger partial charge in [-0.3, -0.25) is 0 Å². The van der Waals surface area contributed by atoms with Gasteiger partial charge in [0, 0.05) is 5.41 Å². The van der Waals surface area contributed by atoms with Gasteiger partial charge in [0.05, 0.1) is 5.56 Å². The number of thiocarbonyl (C=S) groups is 1. The van der Waals surface area contributed by atoms with Crippen LogP contribution in [-0.2, 0) is 12.6 Å². The van der Waals surface area contributed by atoms with Crippen molar-refractivity contribution in [3.8, 4) is 0 Å². The molecule has 4 heteroatoms. The average molecular weight is 330 g/mol. The van der Waals surface area contributed by atoms with E-state index >= 15 is 0 Å². The molecule has 0 saturated carbocycles. The van der Waals surface area contributed by atoms with E-state index in [0.717, 1.165) is 49.0 Å². The Hall–Kier alpha value is -0.900. The average Bonchev–Trinajstić information content (AvgIpc) is 2.47. The van der Waals surface area contributed by atoms with Crippen molar-refractivity contribution in [2.75, 3.05) is 0 Å². The van der Waals surface area contributed by atoms with Crippen LogP contribution >= 0.6 is 12.2 Å². The normalized spacial score (nSPS) is 14.6. The summed E-state index contributed by atoms with van der Waals surface area (Å²) in [5.74, 6) is 0. The van der Waals surface area contributed by atoms with Gasteiger partial charge in [-0.15, -0.1) is 0 Å². The molecule has 22 heavy (non-hydrogen) atoms. The summed E-state index contributed by atoms with van der Waals surface area (Å²) in [6, 6.07) is 5.50. The maximum atomic E-state index is 12.6. The first-order valence-corrected chi connectivity index (χ1v) is 8.33. The Morgan fingerprint density at radius 1 is 1.05 bits per heavy atom. The molecule has 0 N–H and O–H groups in total. The van der Waals surface area contributed by atoms with Crippen molar-refractivity contribution in [1.29, 1.82) is 0 Å². The molecular weight excluding hydrogens is 305 g/mol.